The lowest BCUT2D eigenvalue weighted by Crippen LogP contribution is -2.62. The number of ether oxygens (including phenoxy) is 1. The third-order valence-electron chi connectivity index (χ3n) is 5.80. The third-order valence-corrected chi connectivity index (χ3v) is 6.66. The van der Waals surface area contributed by atoms with Gasteiger partial charge < -0.3 is 9.15 Å². The van der Waals surface area contributed by atoms with Crippen molar-refractivity contribution in [3.05, 3.63) is 29.0 Å². The Morgan fingerprint density at radius 1 is 1.28 bits per heavy atom. The van der Waals surface area contributed by atoms with E-state index in [9.17, 15) is 0 Å². The first-order chi connectivity index (χ1) is 12.3. The average Bonchev–Trinajstić information content (AvgIpc) is 3.19. The van der Waals surface area contributed by atoms with Crippen LogP contribution in [0.15, 0.2) is 21.9 Å². The highest BCUT2D eigenvalue weighted by Gasteiger charge is 2.42. The number of fused-ring (bicyclic) bond motifs is 1. The fourth-order valence-electron chi connectivity index (χ4n) is 4.26. The average molecular weight is 359 g/mol. The number of rotatable bonds is 4. The first kappa shape index (κ1) is 16.0. The molecular formula is C19H25N3O2S. The second kappa shape index (κ2) is 6.50. The summed E-state index contributed by atoms with van der Waals surface area (Å²) < 4.78 is 11.8. The summed E-state index contributed by atoms with van der Waals surface area (Å²) in [6, 6.07) is 5.31. The van der Waals surface area contributed by atoms with Crippen LogP contribution in [-0.4, -0.2) is 59.7 Å². The standard InChI is InChI=1S/C19H25N3O2S/c1-13-16(20-19(24-13)18-3-2-8-25-18)10-21-6-7-22-15(9-21)11-23-12-17(22)14-4-5-14/h2-3,8,14-15,17H,4-7,9-12H2,1H3/t15-,17-/m1/s1. The summed E-state index contributed by atoms with van der Waals surface area (Å²) in [4.78, 5) is 11.1. The van der Waals surface area contributed by atoms with Gasteiger partial charge in [-0.3, -0.25) is 9.80 Å². The van der Waals surface area contributed by atoms with Crippen LogP contribution in [0.25, 0.3) is 10.8 Å². The summed E-state index contributed by atoms with van der Waals surface area (Å²) in [5.74, 6) is 2.60. The molecule has 0 spiro atoms. The smallest absolute Gasteiger partial charge is 0.236 e. The van der Waals surface area contributed by atoms with Crippen LogP contribution in [-0.2, 0) is 11.3 Å². The summed E-state index contributed by atoms with van der Waals surface area (Å²) in [5.41, 5.74) is 1.08. The molecule has 134 valence electrons. The molecule has 2 saturated heterocycles. The third kappa shape index (κ3) is 3.16. The summed E-state index contributed by atoms with van der Waals surface area (Å²) in [7, 11) is 0. The van der Waals surface area contributed by atoms with Crippen molar-refractivity contribution in [2.45, 2.75) is 38.4 Å². The van der Waals surface area contributed by atoms with E-state index in [4.69, 9.17) is 14.1 Å². The molecule has 5 nitrogen and oxygen atoms in total. The van der Waals surface area contributed by atoms with E-state index >= 15 is 0 Å². The number of thiophene rings is 1. The molecule has 1 aliphatic carbocycles. The van der Waals surface area contributed by atoms with Crippen LogP contribution in [0, 0.1) is 12.8 Å². The Morgan fingerprint density at radius 2 is 2.20 bits per heavy atom. The van der Waals surface area contributed by atoms with Gasteiger partial charge in [-0.1, -0.05) is 6.07 Å². The van der Waals surface area contributed by atoms with Crippen molar-refractivity contribution in [3.63, 3.8) is 0 Å². The molecule has 4 heterocycles. The number of aromatic nitrogens is 1. The number of nitrogens with zero attached hydrogens (tertiary/aromatic N) is 3. The molecule has 6 heteroatoms. The molecule has 0 N–H and O–H groups in total. The van der Waals surface area contributed by atoms with Crippen molar-refractivity contribution in [1.29, 1.82) is 0 Å². The van der Waals surface area contributed by atoms with E-state index < -0.39 is 0 Å². The maximum atomic E-state index is 5.93. The van der Waals surface area contributed by atoms with Crippen LogP contribution in [0.4, 0.5) is 0 Å². The van der Waals surface area contributed by atoms with Gasteiger partial charge in [0.25, 0.3) is 0 Å². The molecule has 0 radical (unpaired) electrons. The highest BCUT2D eigenvalue weighted by atomic mass is 32.1. The van der Waals surface area contributed by atoms with Crippen molar-refractivity contribution in [1.82, 2.24) is 14.8 Å². The van der Waals surface area contributed by atoms with Gasteiger partial charge in [0.1, 0.15) is 5.76 Å². The minimum atomic E-state index is 0.539. The summed E-state index contributed by atoms with van der Waals surface area (Å²) in [5, 5.41) is 2.06. The number of piperazine rings is 1. The Labute approximate surface area is 152 Å². The molecule has 2 aromatic rings. The molecule has 1 saturated carbocycles. The summed E-state index contributed by atoms with van der Waals surface area (Å²) in [6.07, 6.45) is 2.79. The second-order valence-electron chi connectivity index (χ2n) is 7.57. The number of hydrogen-bond donors (Lipinski definition) is 0. The van der Waals surface area contributed by atoms with Gasteiger partial charge in [-0.2, -0.15) is 0 Å². The molecule has 3 fully saturated rings. The molecular weight excluding hydrogens is 334 g/mol. The van der Waals surface area contributed by atoms with E-state index in [0.717, 1.165) is 67.5 Å². The predicted octanol–water partition coefficient (Wildman–Crippen LogP) is 3.01. The van der Waals surface area contributed by atoms with Gasteiger partial charge in [-0.05, 0) is 37.1 Å². The van der Waals surface area contributed by atoms with Crippen LogP contribution >= 0.6 is 11.3 Å². The molecule has 0 bridgehead atoms. The number of hydrogen-bond acceptors (Lipinski definition) is 6. The first-order valence-corrected chi connectivity index (χ1v) is 10.2. The van der Waals surface area contributed by atoms with Crippen molar-refractivity contribution in [2.75, 3.05) is 32.8 Å². The fraction of sp³-hybridized carbons (Fsp3) is 0.632. The maximum Gasteiger partial charge on any atom is 0.236 e. The minimum absolute atomic E-state index is 0.539. The van der Waals surface area contributed by atoms with Crippen molar-refractivity contribution in [2.24, 2.45) is 5.92 Å². The summed E-state index contributed by atoms with van der Waals surface area (Å²) in [6.45, 7) is 8.06. The minimum Gasteiger partial charge on any atom is -0.440 e. The number of oxazole rings is 1. The lowest BCUT2D eigenvalue weighted by Gasteiger charge is -2.48. The maximum absolute atomic E-state index is 5.93. The van der Waals surface area contributed by atoms with E-state index in [1.165, 1.54) is 12.8 Å². The fourth-order valence-corrected chi connectivity index (χ4v) is 4.91. The Balaban J connectivity index is 1.26. The molecule has 0 aromatic carbocycles. The van der Waals surface area contributed by atoms with Gasteiger partial charge in [-0.25, -0.2) is 4.98 Å². The Morgan fingerprint density at radius 3 is 3.00 bits per heavy atom. The molecule has 5 rings (SSSR count). The van der Waals surface area contributed by atoms with Crippen LogP contribution in [0.1, 0.15) is 24.3 Å². The highest BCUT2D eigenvalue weighted by Crippen LogP contribution is 2.38. The molecule has 3 aliphatic rings. The van der Waals surface area contributed by atoms with Gasteiger partial charge >= 0.3 is 0 Å². The lowest BCUT2D eigenvalue weighted by molar-refractivity contribution is -0.0881. The zero-order chi connectivity index (χ0) is 16.8. The Kier molecular flexibility index (Phi) is 4.16. The van der Waals surface area contributed by atoms with E-state index in [2.05, 4.69) is 21.2 Å². The van der Waals surface area contributed by atoms with E-state index in [1.807, 2.05) is 13.0 Å². The zero-order valence-corrected chi connectivity index (χ0v) is 15.5. The normalized spacial score (nSPS) is 28.2. The van der Waals surface area contributed by atoms with Gasteiger partial charge in [0.2, 0.25) is 5.89 Å². The van der Waals surface area contributed by atoms with E-state index in [1.54, 1.807) is 11.3 Å². The van der Waals surface area contributed by atoms with Gasteiger partial charge in [0.05, 0.1) is 23.8 Å². The monoisotopic (exact) mass is 359 g/mol. The predicted molar refractivity (Wildman–Crippen MR) is 97.7 cm³/mol. The van der Waals surface area contributed by atoms with Crippen molar-refractivity contribution < 1.29 is 9.15 Å². The quantitative estimate of drug-likeness (QED) is 0.839. The molecule has 0 unspecified atom stereocenters. The molecule has 0 amide bonds. The summed E-state index contributed by atoms with van der Waals surface area (Å²) >= 11 is 1.67. The van der Waals surface area contributed by atoms with Crippen LogP contribution < -0.4 is 0 Å². The van der Waals surface area contributed by atoms with Crippen LogP contribution in [0.5, 0.6) is 0 Å². The largest absolute Gasteiger partial charge is 0.440 e. The Hall–Kier alpha value is -1.21. The van der Waals surface area contributed by atoms with Crippen LogP contribution in [0.3, 0.4) is 0 Å². The molecule has 2 atom stereocenters. The van der Waals surface area contributed by atoms with Gasteiger partial charge in [-0.15, -0.1) is 11.3 Å². The Bertz CT molecular complexity index is 725. The highest BCUT2D eigenvalue weighted by molar-refractivity contribution is 7.13. The number of aryl methyl sites for hydroxylation is 1. The van der Waals surface area contributed by atoms with Gasteiger partial charge in [0, 0.05) is 38.3 Å². The second-order valence-corrected chi connectivity index (χ2v) is 8.52. The topological polar surface area (TPSA) is 41.7 Å². The van der Waals surface area contributed by atoms with E-state index in [0.29, 0.717) is 12.1 Å². The first-order valence-electron chi connectivity index (χ1n) is 9.34. The molecule has 2 aliphatic heterocycles. The van der Waals surface area contributed by atoms with Gasteiger partial charge in [0.15, 0.2) is 0 Å². The number of morpholine rings is 1. The SMILES string of the molecule is Cc1oc(-c2cccs2)nc1CN1CCN2[C@@H](COC[C@@H]2C2CC2)C1. The van der Waals surface area contributed by atoms with Crippen LogP contribution in [0.2, 0.25) is 0 Å². The van der Waals surface area contributed by atoms with Crippen molar-refractivity contribution >= 4 is 11.3 Å². The molecule has 2 aromatic heterocycles. The lowest BCUT2D eigenvalue weighted by atomic mass is 10.0. The van der Waals surface area contributed by atoms with Crippen molar-refractivity contribution in [3.8, 4) is 10.8 Å². The van der Waals surface area contributed by atoms with E-state index in [-0.39, 0.29) is 0 Å². The zero-order valence-electron chi connectivity index (χ0n) is 14.7. The molecule has 25 heavy (non-hydrogen) atoms.